The Labute approximate surface area is 198 Å². The van der Waals surface area contributed by atoms with Crippen LogP contribution in [0.4, 0.5) is 15.8 Å². The molecule has 0 amide bonds. The van der Waals surface area contributed by atoms with Crippen molar-refractivity contribution in [1.29, 1.82) is 0 Å². The Morgan fingerprint density at radius 1 is 1.27 bits per heavy atom. The molecule has 0 spiro atoms. The Bertz CT molecular complexity index is 1150. The molecule has 0 saturated heterocycles. The number of hydrogen-bond donors (Lipinski definition) is 1. The van der Waals surface area contributed by atoms with Crippen LogP contribution in [0.3, 0.4) is 0 Å². The first-order chi connectivity index (χ1) is 15.6. The highest BCUT2D eigenvalue weighted by atomic mass is 35.5. The zero-order chi connectivity index (χ0) is 24.2. The molecule has 0 radical (unpaired) electrons. The highest BCUT2D eigenvalue weighted by Crippen LogP contribution is 2.46. The second-order valence-electron chi connectivity index (χ2n) is 8.28. The number of ether oxygens (including phenoxy) is 1. The van der Waals surface area contributed by atoms with Crippen LogP contribution in [0.15, 0.2) is 59.4 Å². The smallest absolute Gasteiger partial charge is 0.368 e. The predicted octanol–water partition coefficient (Wildman–Crippen LogP) is 6.13. The number of unbranched alkanes of at least 4 members (excludes halogenated alkanes) is 1. The third kappa shape index (κ3) is 5.50. The van der Waals surface area contributed by atoms with Crippen LogP contribution in [0.5, 0.6) is 5.75 Å². The fraction of sp³-hybridized carbons (Fsp3) is 0.375. The Balaban J connectivity index is 2.20. The predicted molar refractivity (Wildman–Crippen MR) is 127 cm³/mol. The van der Waals surface area contributed by atoms with Gasteiger partial charge in [-0.2, -0.15) is 4.39 Å². The molecule has 1 aliphatic rings. The summed E-state index contributed by atoms with van der Waals surface area (Å²) in [5, 5.41) is 8.74. The molecule has 6 nitrogen and oxygen atoms in total. The van der Waals surface area contributed by atoms with E-state index in [1.807, 2.05) is 42.2 Å². The van der Waals surface area contributed by atoms with Crippen molar-refractivity contribution < 1.29 is 27.4 Å². The maximum atomic E-state index is 13.6. The lowest BCUT2D eigenvalue weighted by atomic mass is 9.81. The Hall–Kier alpha value is -2.58. The number of benzene rings is 2. The van der Waals surface area contributed by atoms with Crippen molar-refractivity contribution in [2.75, 3.05) is 17.2 Å². The van der Waals surface area contributed by atoms with Crippen molar-refractivity contribution in [3.8, 4) is 5.75 Å². The third-order valence-electron chi connectivity index (χ3n) is 6.00. The number of carbonyl (C=O) groups is 1. The maximum absolute atomic E-state index is 13.6. The third-order valence-corrected chi connectivity index (χ3v) is 8.29. The summed E-state index contributed by atoms with van der Waals surface area (Å²) < 4.78 is 45.7. The molecule has 1 atom stereocenters. The highest BCUT2D eigenvalue weighted by molar-refractivity contribution is 7.91. The van der Waals surface area contributed by atoms with Gasteiger partial charge in [-0.05, 0) is 31.0 Å². The number of carboxylic acids is 1. The van der Waals surface area contributed by atoms with Crippen LogP contribution in [0.2, 0.25) is 5.02 Å². The first-order valence-electron chi connectivity index (χ1n) is 10.8. The fourth-order valence-electron chi connectivity index (χ4n) is 4.12. The molecule has 1 aliphatic heterocycles. The Kier molecular flexibility index (Phi) is 7.69. The van der Waals surface area contributed by atoms with Gasteiger partial charge in [-0.1, -0.05) is 56.5 Å². The van der Waals surface area contributed by atoms with E-state index in [1.165, 1.54) is 12.1 Å². The van der Waals surface area contributed by atoms with Crippen LogP contribution in [-0.2, 0) is 14.6 Å². The average molecular weight is 496 g/mol. The molecule has 3 rings (SSSR count). The van der Waals surface area contributed by atoms with E-state index in [4.69, 9.17) is 21.4 Å². The highest BCUT2D eigenvalue weighted by Gasteiger charge is 2.41. The van der Waals surface area contributed by atoms with Crippen molar-refractivity contribution in [1.82, 2.24) is 0 Å². The maximum Gasteiger partial charge on any atom is 0.368 e. The summed E-state index contributed by atoms with van der Waals surface area (Å²) in [6.45, 7) is 4.57. The minimum Gasteiger partial charge on any atom is -0.476 e. The number of carboxylic acid groups (broad SMARTS) is 1. The summed E-state index contributed by atoms with van der Waals surface area (Å²) in [4.78, 5) is 12.7. The number of sulfone groups is 1. The van der Waals surface area contributed by atoms with Crippen molar-refractivity contribution in [2.45, 2.75) is 44.4 Å². The van der Waals surface area contributed by atoms with Gasteiger partial charge in [-0.15, -0.1) is 0 Å². The molecule has 0 aromatic heterocycles. The lowest BCUT2D eigenvalue weighted by Gasteiger charge is -2.36. The van der Waals surface area contributed by atoms with E-state index in [0.29, 0.717) is 24.9 Å². The largest absolute Gasteiger partial charge is 0.476 e. The molecule has 1 heterocycles. The molecule has 2 aromatic carbocycles. The molecule has 0 fully saturated rings. The van der Waals surface area contributed by atoms with Crippen LogP contribution >= 0.6 is 11.6 Å². The average Bonchev–Trinajstić information content (AvgIpc) is 2.88. The van der Waals surface area contributed by atoms with Crippen molar-refractivity contribution >= 4 is 38.8 Å². The van der Waals surface area contributed by atoms with E-state index in [-0.39, 0.29) is 21.4 Å². The number of aliphatic carboxylic acids is 1. The minimum absolute atomic E-state index is 0.0155. The fourth-order valence-corrected chi connectivity index (χ4v) is 6.50. The molecule has 2 aromatic rings. The summed E-state index contributed by atoms with van der Waals surface area (Å²) in [5.74, 6) is -3.51. The molecule has 1 N–H and O–H groups in total. The molecule has 0 saturated carbocycles. The van der Waals surface area contributed by atoms with Gasteiger partial charge in [-0.25, -0.2) is 13.2 Å². The second kappa shape index (κ2) is 10.1. The standard InChI is InChI=1S/C24H27ClFNO5S/c1-3-5-11-24(4-2)15-27(17-9-7-6-8-10-17)20-12-18(25)21(32-14-19(26)23(28)29)13-22(20)33(30,31)16-24/h6-10,12-14H,3-5,11,15-16H2,1-2H3,(H,28,29)/b19-14-. The lowest BCUT2D eigenvalue weighted by Crippen LogP contribution is -2.37. The topological polar surface area (TPSA) is 83.9 Å². The van der Waals surface area contributed by atoms with Crippen molar-refractivity contribution in [2.24, 2.45) is 5.41 Å². The van der Waals surface area contributed by atoms with Crippen LogP contribution in [0.25, 0.3) is 0 Å². The number of fused-ring (bicyclic) bond motifs is 1. The molecule has 9 heteroatoms. The van der Waals surface area contributed by atoms with E-state index in [1.54, 1.807) is 0 Å². The molecular weight excluding hydrogens is 469 g/mol. The van der Waals surface area contributed by atoms with Crippen molar-refractivity contribution in [3.63, 3.8) is 0 Å². The van der Waals surface area contributed by atoms with Crippen LogP contribution in [0, 0.1) is 5.41 Å². The monoisotopic (exact) mass is 495 g/mol. The van der Waals surface area contributed by atoms with Gasteiger partial charge in [0, 0.05) is 23.7 Å². The van der Waals surface area contributed by atoms with Crippen LogP contribution < -0.4 is 9.64 Å². The van der Waals surface area contributed by atoms with Gasteiger partial charge < -0.3 is 14.7 Å². The zero-order valence-corrected chi connectivity index (χ0v) is 20.1. The molecule has 0 bridgehead atoms. The number of hydrogen-bond acceptors (Lipinski definition) is 5. The quantitative estimate of drug-likeness (QED) is 0.350. The van der Waals surface area contributed by atoms with Gasteiger partial charge in [-0.3, -0.25) is 0 Å². The van der Waals surface area contributed by atoms with Gasteiger partial charge in [0.25, 0.3) is 0 Å². The summed E-state index contributed by atoms with van der Waals surface area (Å²) in [5.41, 5.74) is 0.756. The van der Waals surface area contributed by atoms with Gasteiger partial charge in [0.1, 0.15) is 12.0 Å². The van der Waals surface area contributed by atoms with Crippen LogP contribution in [-0.4, -0.2) is 31.8 Å². The Morgan fingerprint density at radius 2 is 1.97 bits per heavy atom. The van der Waals surface area contributed by atoms with Crippen LogP contribution in [0.1, 0.15) is 39.5 Å². The van der Waals surface area contributed by atoms with Gasteiger partial charge in [0.05, 0.1) is 21.4 Å². The summed E-state index contributed by atoms with van der Waals surface area (Å²) >= 11 is 6.37. The zero-order valence-electron chi connectivity index (χ0n) is 18.6. The van der Waals surface area contributed by atoms with E-state index >= 15 is 0 Å². The first-order valence-corrected chi connectivity index (χ1v) is 12.8. The van der Waals surface area contributed by atoms with Gasteiger partial charge >= 0.3 is 5.97 Å². The normalized spacial score (nSPS) is 20.1. The first kappa shape index (κ1) is 25.1. The summed E-state index contributed by atoms with van der Waals surface area (Å²) in [6, 6.07) is 12.2. The van der Waals surface area contributed by atoms with E-state index < -0.39 is 27.0 Å². The molecule has 178 valence electrons. The lowest BCUT2D eigenvalue weighted by molar-refractivity contribution is -0.134. The second-order valence-corrected chi connectivity index (χ2v) is 10.6. The number of nitrogens with zero attached hydrogens (tertiary/aromatic N) is 1. The minimum atomic E-state index is -3.77. The number of anilines is 2. The van der Waals surface area contributed by atoms with E-state index in [9.17, 15) is 17.6 Å². The van der Waals surface area contributed by atoms with E-state index in [0.717, 1.165) is 24.9 Å². The Morgan fingerprint density at radius 3 is 2.58 bits per heavy atom. The van der Waals surface area contributed by atoms with Gasteiger partial charge in [0.2, 0.25) is 5.83 Å². The summed E-state index contributed by atoms with van der Waals surface area (Å²) in [7, 11) is -3.77. The molecular formula is C24H27ClFNO5S. The summed E-state index contributed by atoms with van der Waals surface area (Å²) in [6.07, 6.45) is 3.67. The number of halogens is 2. The number of rotatable bonds is 8. The molecule has 1 unspecified atom stereocenters. The van der Waals surface area contributed by atoms with Crippen molar-refractivity contribution in [3.05, 3.63) is 59.6 Å². The van der Waals surface area contributed by atoms with E-state index in [2.05, 4.69) is 6.92 Å². The molecule has 33 heavy (non-hydrogen) atoms. The van der Waals surface area contributed by atoms with Gasteiger partial charge in [0.15, 0.2) is 9.84 Å². The molecule has 0 aliphatic carbocycles. The SMILES string of the molecule is CCCCC1(CC)CN(c2ccccc2)c2cc(Cl)c(O/C=C(\F)C(=O)O)cc2S(=O)(=O)C1. The number of para-hydroxylation sites is 1.